The Bertz CT molecular complexity index is 395. The van der Waals surface area contributed by atoms with Crippen molar-refractivity contribution in [1.29, 1.82) is 0 Å². The third kappa shape index (κ3) is 3.81. The first kappa shape index (κ1) is 13.2. The second-order valence-electron chi connectivity index (χ2n) is 5.78. The number of hydrogen-bond donors (Lipinski definition) is 1. The van der Waals surface area contributed by atoms with Crippen LogP contribution >= 0.6 is 0 Å². The highest BCUT2D eigenvalue weighted by molar-refractivity contribution is 5.07. The van der Waals surface area contributed by atoms with Gasteiger partial charge in [0, 0.05) is 25.3 Å². The van der Waals surface area contributed by atoms with Crippen LogP contribution in [0.3, 0.4) is 0 Å². The molecule has 1 aliphatic carbocycles. The van der Waals surface area contributed by atoms with Crippen LogP contribution in [-0.2, 0) is 17.8 Å². The molecule has 1 saturated heterocycles. The van der Waals surface area contributed by atoms with Crippen LogP contribution in [0.25, 0.3) is 0 Å². The first-order chi connectivity index (χ1) is 9.31. The molecule has 0 bridgehead atoms. The standard InChI is InChI=1S/C15H24N2O2/c1-17(13-6-8-18-9-7-13)11-15-5-4-14(19-15)10-16-12-2-3-12/h4-5,12-13,16H,2-3,6-11H2,1H3. The van der Waals surface area contributed by atoms with Crippen molar-refractivity contribution >= 4 is 0 Å². The van der Waals surface area contributed by atoms with Gasteiger partial charge in [0.15, 0.2) is 0 Å². The molecule has 0 atom stereocenters. The third-order valence-electron chi connectivity index (χ3n) is 4.08. The van der Waals surface area contributed by atoms with E-state index in [0.29, 0.717) is 6.04 Å². The summed E-state index contributed by atoms with van der Waals surface area (Å²) in [5.74, 6) is 2.13. The molecule has 4 nitrogen and oxygen atoms in total. The van der Waals surface area contributed by atoms with Gasteiger partial charge in [-0.25, -0.2) is 0 Å². The Hall–Kier alpha value is -0.840. The Morgan fingerprint density at radius 3 is 2.63 bits per heavy atom. The summed E-state index contributed by atoms with van der Waals surface area (Å²) in [6, 6.07) is 5.58. The number of ether oxygens (including phenoxy) is 1. The molecule has 1 aromatic rings. The van der Waals surface area contributed by atoms with Gasteiger partial charge < -0.3 is 14.5 Å². The van der Waals surface area contributed by atoms with E-state index in [1.165, 1.54) is 12.8 Å². The lowest BCUT2D eigenvalue weighted by atomic mass is 10.1. The first-order valence-corrected chi connectivity index (χ1v) is 7.40. The van der Waals surface area contributed by atoms with Gasteiger partial charge in [0.1, 0.15) is 11.5 Å². The highest BCUT2D eigenvalue weighted by atomic mass is 16.5. The van der Waals surface area contributed by atoms with Crippen molar-refractivity contribution in [3.05, 3.63) is 23.7 Å². The summed E-state index contributed by atoms with van der Waals surface area (Å²) < 4.78 is 11.3. The number of hydrogen-bond acceptors (Lipinski definition) is 4. The fourth-order valence-corrected chi connectivity index (χ4v) is 2.64. The molecule has 1 N–H and O–H groups in total. The lowest BCUT2D eigenvalue weighted by molar-refractivity contribution is 0.0386. The summed E-state index contributed by atoms with van der Waals surface area (Å²) in [5, 5.41) is 3.48. The van der Waals surface area contributed by atoms with Crippen molar-refractivity contribution in [3.8, 4) is 0 Å². The maximum atomic E-state index is 5.89. The largest absolute Gasteiger partial charge is 0.463 e. The highest BCUT2D eigenvalue weighted by Gasteiger charge is 2.21. The SMILES string of the molecule is CN(Cc1ccc(CNC2CC2)o1)C1CCOCC1. The van der Waals surface area contributed by atoms with Crippen LogP contribution in [0.1, 0.15) is 37.2 Å². The summed E-state index contributed by atoms with van der Waals surface area (Å²) in [4.78, 5) is 2.39. The van der Waals surface area contributed by atoms with Gasteiger partial charge in [-0.05, 0) is 44.9 Å². The number of nitrogens with one attached hydrogen (secondary N) is 1. The third-order valence-corrected chi connectivity index (χ3v) is 4.08. The van der Waals surface area contributed by atoms with E-state index in [1.54, 1.807) is 0 Å². The second-order valence-corrected chi connectivity index (χ2v) is 5.78. The summed E-state index contributed by atoms with van der Waals surface area (Å²) >= 11 is 0. The van der Waals surface area contributed by atoms with Crippen molar-refractivity contribution in [2.75, 3.05) is 20.3 Å². The number of nitrogens with zero attached hydrogens (tertiary/aromatic N) is 1. The number of furan rings is 1. The van der Waals surface area contributed by atoms with Gasteiger partial charge in [0.2, 0.25) is 0 Å². The van der Waals surface area contributed by atoms with Crippen LogP contribution in [0.15, 0.2) is 16.5 Å². The molecule has 0 amide bonds. The van der Waals surface area contributed by atoms with Gasteiger partial charge in [-0.2, -0.15) is 0 Å². The normalized spacial score (nSPS) is 21.2. The quantitative estimate of drug-likeness (QED) is 0.854. The van der Waals surface area contributed by atoms with Gasteiger partial charge >= 0.3 is 0 Å². The van der Waals surface area contributed by atoms with E-state index in [2.05, 4.69) is 29.4 Å². The average molecular weight is 264 g/mol. The summed E-state index contributed by atoms with van der Waals surface area (Å²) in [6.07, 6.45) is 4.90. The smallest absolute Gasteiger partial charge is 0.118 e. The van der Waals surface area contributed by atoms with E-state index in [0.717, 1.165) is 56.7 Å². The molecule has 2 heterocycles. The van der Waals surface area contributed by atoms with E-state index < -0.39 is 0 Å². The topological polar surface area (TPSA) is 37.6 Å². The lowest BCUT2D eigenvalue weighted by Gasteiger charge is -2.30. The molecule has 1 saturated carbocycles. The molecule has 2 aliphatic rings. The van der Waals surface area contributed by atoms with Gasteiger partial charge in [-0.15, -0.1) is 0 Å². The Balaban J connectivity index is 1.47. The molecule has 1 aliphatic heterocycles. The van der Waals surface area contributed by atoms with E-state index in [1.807, 2.05) is 0 Å². The molecule has 106 valence electrons. The summed E-state index contributed by atoms with van der Waals surface area (Å²) in [6.45, 7) is 3.55. The summed E-state index contributed by atoms with van der Waals surface area (Å²) in [5.41, 5.74) is 0. The van der Waals surface area contributed by atoms with E-state index >= 15 is 0 Å². The van der Waals surface area contributed by atoms with Crippen LogP contribution < -0.4 is 5.32 Å². The highest BCUT2D eigenvalue weighted by Crippen LogP contribution is 2.20. The molecule has 0 radical (unpaired) electrons. The zero-order valence-corrected chi connectivity index (χ0v) is 11.7. The first-order valence-electron chi connectivity index (χ1n) is 7.40. The fourth-order valence-electron chi connectivity index (χ4n) is 2.64. The maximum absolute atomic E-state index is 5.89. The van der Waals surface area contributed by atoms with Gasteiger partial charge in [0.05, 0.1) is 13.1 Å². The van der Waals surface area contributed by atoms with E-state index in [-0.39, 0.29) is 0 Å². The van der Waals surface area contributed by atoms with Crippen molar-refractivity contribution in [3.63, 3.8) is 0 Å². The Morgan fingerprint density at radius 2 is 1.89 bits per heavy atom. The molecule has 1 aromatic heterocycles. The molecule has 3 rings (SSSR count). The molecule has 0 aromatic carbocycles. The van der Waals surface area contributed by atoms with Crippen LogP contribution in [0.5, 0.6) is 0 Å². The van der Waals surface area contributed by atoms with Crippen molar-refractivity contribution in [1.82, 2.24) is 10.2 Å². The molecular weight excluding hydrogens is 240 g/mol. The maximum Gasteiger partial charge on any atom is 0.118 e. The monoisotopic (exact) mass is 264 g/mol. The molecule has 0 unspecified atom stereocenters. The van der Waals surface area contributed by atoms with Crippen LogP contribution in [-0.4, -0.2) is 37.2 Å². The van der Waals surface area contributed by atoms with Gasteiger partial charge in [0.25, 0.3) is 0 Å². The zero-order valence-electron chi connectivity index (χ0n) is 11.7. The minimum atomic E-state index is 0.631. The fraction of sp³-hybridized carbons (Fsp3) is 0.733. The minimum Gasteiger partial charge on any atom is -0.463 e. The van der Waals surface area contributed by atoms with Crippen LogP contribution in [0.4, 0.5) is 0 Å². The van der Waals surface area contributed by atoms with Crippen LogP contribution in [0, 0.1) is 0 Å². The zero-order chi connectivity index (χ0) is 13.1. The Kier molecular flexibility index (Phi) is 4.21. The minimum absolute atomic E-state index is 0.631. The molecule has 0 spiro atoms. The van der Waals surface area contributed by atoms with Gasteiger partial charge in [-0.1, -0.05) is 0 Å². The van der Waals surface area contributed by atoms with Crippen molar-refractivity contribution in [2.45, 2.75) is 50.9 Å². The average Bonchev–Trinajstić information content (AvgIpc) is 3.17. The second kappa shape index (κ2) is 6.07. The Labute approximate surface area is 115 Å². The van der Waals surface area contributed by atoms with Crippen LogP contribution in [0.2, 0.25) is 0 Å². The molecule has 19 heavy (non-hydrogen) atoms. The van der Waals surface area contributed by atoms with Gasteiger partial charge in [-0.3, -0.25) is 4.90 Å². The van der Waals surface area contributed by atoms with E-state index in [4.69, 9.17) is 9.15 Å². The van der Waals surface area contributed by atoms with E-state index in [9.17, 15) is 0 Å². The molecular formula is C15H24N2O2. The molecule has 4 heteroatoms. The Morgan fingerprint density at radius 1 is 1.16 bits per heavy atom. The number of rotatable bonds is 6. The molecule has 2 fully saturated rings. The summed E-state index contributed by atoms with van der Waals surface area (Å²) in [7, 11) is 2.18. The van der Waals surface area contributed by atoms with Crippen molar-refractivity contribution in [2.24, 2.45) is 0 Å². The van der Waals surface area contributed by atoms with Crippen molar-refractivity contribution < 1.29 is 9.15 Å². The predicted molar refractivity (Wildman–Crippen MR) is 73.9 cm³/mol. The lowest BCUT2D eigenvalue weighted by Crippen LogP contribution is -2.36. The predicted octanol–water partition coefficient (Wildman–Crippen LogP) is 2.14.